The molecule has 1 unspecified atom stereocenters. The Labute approximate surface area is 232 Å². The lowest BCUT2D eigenvalue weighted by Gasteiger charge is -2.38. The molecule has 11 heteroatoms. The molecule has 1 saturated heterocycles. The average Bonchev–Trinajstić information content (AvgIpc) is 3.54. The van der Waals surface area contributed by atoms with E-state index in [0.717, 1.165) is 53.7 Å². The number of anilines is 1. The van der Waals surface area contributed by atoms with Gasteiger partial charge in [-0.05, 0) is 68.8 Å². The normalized spacial score (nSPS) is 17.5. The molecule has 0 bridgehead atoms. The van der Waals surface area contributed by atoms with Gasteiger partial charge in [-0.1, -0.05) is 24.6 Å². The molecule has 0 spiro atoms. The number of fused-ring (bicyclic) bond motifs is 1. The molecule has 1 saturated carbocycles. The third-order valence-corrected chi connectivity index (χ3v) is 8.33. The molecule has 1 aliphatic carbocycles. The van der Waals surface area contributed by atoms with Crippen LogP contribution in [0.1, 0.15) is 49.4 Å². The van der Waals surface area contributed by atoms with Crippen molar-refractivity contribution in [3.8, 4) is 10.6 Å². The van der Waals surface area contributed by atoms with E-state index in [9.17, 15) is 9.90 Å². The van der Waals surface area contributed by atoms with Gasteiger partial charge in [0.25, 0.3) is 5.91 Å². The number of aliphatic hydroxyl groups excluding tert-OH is 1. The Morgan fingerprint density at radius 2 is 2.06 bits per heavy atom. The van der Waals surface area contributed by atoms with Gasteiger partial charge in [-0.2, -0.15) is 0 Å². The first-order valence-electron chi connectivity index (χ1n) is 11.9. The van der Waals surface area contributed by atoms with Crippen molar-refractivity contribution in [1.29, 1.82) is 0 Å². The first-order valence-corrected chi connectivity index (χ1v) is 13.1. The van der Waals surface area contributed by atoms with Crippen molar-refractivity contribution in [2.24, 2.45) is 5.41 Å². The molecular formula is C25H32Cl3N5O2S. The summed E-state index contributed by atoms with van der Waals surface area (Å²) in [5.74, 6) is 0.445. The molecule has 3 aromatic rings. The van der Waals surface area contributed by atoms with Gasteiger partial charge >= 0.3 is 0 Å². The molecule has 5 rings (SSSR count). The van der Waals surface area contributed by atoms with Gasteiger partial charge in [0.1, 0.15) is 5.69 Å². The van der Waals surface area contributed by atoms with Crippen LogP contribution in [0.2, 0.25) is 5.02 Å². The van der Waals surface area contributed by atoms with Crippen molar-refractivity contribution in [1.82, 2.24) is 20.6 Å². The van der Waals surface area contributed by atoms with Gasteiger partial charge in [0.2, 0.25) is 5.95 Å². The van der Waals surface area contributed by atoms with E-state index in [2.05, 4.69) is 32.8 Å². The van der Waals surface area contributed by atoms with Crippen molar-refractivity contribution in [3.63, 3.8) is 0 Å². The van der Waals surface area contributed by atoms with Crippen LogP contribution in [0.15, 0.2) is 30.5 Å². The van der Waals surface area contributed by atoms with Crippen LogP contribution in [-0.4, -0.2) is 52.8 Å². The molecule has 196 valence electrons. The Bertz CT molecular complexity index is 1200. The Balaban J connectivity index is 0.00000180. The summed E-state index contributed by atoms with van der Waals surface area (Å²) in [6.07, 6.45) is 5.90. The zero-order valence-corrected chi connectivity index (χ0v) is 23.3. The van der Waals surface area contributed by atoms with Gasteiger partial charge in [-0.25, -0.2) is 9.97 Å². The topological polar surface area (TPSA) is 99.2 Å². The number of carbonyl (C=O) groups is 1. The molecule has 7 nitrogen and oxygen atoms in total. The number of piperidine rings is 1. The number of rotatable bonds is 8. The number of aromatic nitrogens is 2. The monoisotopic (exact) mass is 571 g/mol. The maximum atomic E-state index is 12.7. The number of carbonyl (C=O) groups excluding carboxylic acids is 1. The highest BCUT2D eigenvalue weighted by Crippen LogP contribution is 2.38. The zero-order chi connectivity index (χ0) is 23.7. The van der Waals surface area contributed by atoms with E-state index in [1.807, 2.05) is 24.3 Å². The number of benzene rings is 1. The van der Waals surface area contributed by atoms with E-state index in [4.69, 9.17) is 11.6 Å². The van der Waals surface area contributed by atoms with E-state index in [1.54, 1.807) is 17.5 Å². The molecular weight excluding hydrogens is 541 g/mol. The molecule has 4 N–H and O–H groups in total. The van der Waals surface area contributed by atoms with E-state index in [-0.39, 0.29) is 42.2 Å². The molecule has 1 atom stereocenters. The minimum Gasteiger partial charge on any atom is -0.392 e. The summed E-state index contributed by atoms with van der Waals surface area (Å²) >= 11 is 8.03. The van der Waals surface area contributed by atoms with E-state index >= 15 is 0 Å². The van der Waals surface area contributed by atoms with Crippen LogP contribution in [0.25, 0.3) is 20.7 Å². The minimum absolute atomic E-state index is 0. The molecule has 2 aromatic heterocycles. The lowest BCUT2D eigenvalue weighted by molar-refractivity contribution is 0.0114. The first kappa shape index (κ1) is 28.9. The number of hydrogen-bond acceptors (Lipinski definition) is 7. The molecule has 2 fully saturated rings. The summed E-state index contributed by atoms with van der Waals surface area (Å²) in [6, 6.07) is 8.07. The number of amides is 1. The highest BCUT2D eigenvalue weighted by atomic mass is 35.5. The summed E-state index contributed by atoms with van der Waals surface area (Å²) in [5, 5.41) is 21.8. The van der Waals surface area contributed by atoms with Gasteiger partial charge in [-0.3, -0.25) is 4.79 Å². The highest BCUT2D eigenvalue weighted by molar-refractivity contribution is 7.22. The number of aliphatic hydroxyl groups is 1. The SMILES string of the molecule is CC1(C(O)CCNc2ncc(Cl)c(-c3cc4c(C(=O)NC5CC5)cccc4s3)n2)CCNCC1.Cl.Cl. The van der Waals surface area contributed by atoms with Crippen LogP contribution >= 0.6 is 47.8 Å². The van der Waals surface area contributed by atoms with Crippen LogP contribution < -0.4 is 16.0 Å². The lowest BCUT2D eigenvalue weighted by Crippen LogP contribution is -2.43. The maximum absolute atomic E-state index is 12.7. The van der Waals surface area contributed by atoms with Gasteiger partial charge in [-0.15, -0.1) is 36.2 Å². The van der Waals surface area contributed by atoms with E-state index in [0.29, 0.717) is 41.2 Å². The third-order valence-electron chi connectivity index (χ3n) is 6.95. The van der Waals surface area contributed by atoms with Crippen LogP contribution in [0.3, 0.4) is 0 Å². The van der Waals surface area contributed by atoms with Gasteiger partial charge < -0.3 is 21.1 Å². The van der Waals surface area contributed by atoms with Gasteiger partial charge in [0, 0.05) is 28.2 Å². The predicted molar refractivity (Wildman–Crippen MR) is 152 cm³/mol. The fourth-order valence-corrected chi connectivity index (χ4v) is 5.83. The quantitative estimate of drug-likeness (QED) is 0.292. The predicted octanol–water partition coefficient (Wildman–Crippen LogP) is 5.30. The van der Waals surface area contributed by atoms with Gasteiger partial charge in [0.05, 0.1) is 22.2 Å². The van der Waals surface area contributed by atoms with Crippen molar-refractivity contribution < 1.29 is 9.90 Å². The van der Waals surface area contributed by atoms with Crippen molar-refractivity contribution in [2.45, 2.75) is 51.2 Å². The largest absolute Gasteiger partial charge is 0.392 e. The van der Waals surface area contributed by atoms with Crippen molar-refractivity contribution in [2.75, 3.05) is 25.0 Å². The number of nitrogens with one attached hydrogen (secondary N) is 3. The standard InChI is InChI=1S/C25H30ClN5O2S.2ClH/c1-25(8-11-27-12-9-25)21(32)7-10-28-24-29-14-18(26)22(31-24)20-13-17-16(3-2-4-19(17)34-20)23(33)30-15-5-6-15;;/h2-4,13-15,21,27,32H,5-12H2,1H3,(H,30,33)(H,28,29,31);2*1H. The summed E-state index contributed by atoms with van der Waals surface area (Å²) < 4.78 is 1.01. The molecule has 36 heavy (non-hydrogen) atoms. The maximum Gasteiger partial charge on any atom is 0.252 e. The molecule has 1 amide bonds. The summed E-state index contributed by atoms with van der Waals surface area (Å²) in [5.41, 5.74) is 1.26. The Kier molecular flexibility index (Phi) is 9.82. The second-order valence-corrected chi connectivity index (χ2v) is 11.1. The second kappa shape index (κ2) is 12.2. The Hall–Kier alpha value is -1.68. The number of nitrogens with zero attached hydrogens (tertiary/aromatic N) is 2. The number of halogens is 3. The summed E-state index contributed by atoms with van der Waals surface area (Å²) in [7, 11) is 0. The minimum atomic E-state index is -0.378. The molecule has 1 aromatic carbocycles. The molecule has 1 aliphatic heterocycles. The summed E-state index contributed by atoms with van der Waals surface area (Å²) in [6.45, 7) is 4.63. The number of hydrogen-bond donors (Lipinski definition) is 4. The number of thiophene rings is 1. The smallest absolute Gasteiger partial charge is 0.252 e. The lowest BCUT2D eigenvalue weighted by atomic mass is 9.75. The van der Waals surface area contributed by atoms with Crippen LogP contribution in [0, 0.1) is 5.41 Å². The fourth-order valence-electron chi connectivity index (χ4n) is 4.49. The van der Waals surface area contributed by atoms with E-state index < -0.39 is 0 Å². The van der Waals surface area contributed by atoms with Gasteiger partial charge in [0.15, 0.2) is 0 Å². The third kappa shape index (κ3) is 6.41. The highest BCUT2D eigenvalue weighted by Gasteiger charge is 2.33. The molecule has 0 radical (unpaired) electrons. The Morgan fingerprint density at radius 3 is 2.78 bits per heavy atom. The zero-order valence-electron chi connectivity index (χ0n) is 20.1. The summed E-state index contributed by atoms with van der Waals surface area (Å²) in [4.78, 5) is 22.6. The van der Waals surface area contributed by atoms with Crippen LogP contribution in [0.5, 0.6) is 0 Å². The Morgan fingerprint density at radius 1 is 1.31 bits per heavy atom. The molecule has 3 heterocycles. The fraction of sp³-hybridized carbons (Fsp3) is 0.480. The first-order chi connectivity index (χ1) is 16.4. The van der Waals surface area contributed by atoms with Crippen molar-refractivity contribution >= 4 is 69.7 Å². The van der Waals surface area contributed by atoms with Crippen molar-refractivity contribution in [3.05, 3.63) is 41.0 Å². The molecule has 2 aliphatic rings. The average molecular weight is 573 g/mol. The second-order valence-electron chi connectivity index (χ2n) is 9.60. The van der Waals surface area contributed by atoms with Crippen LogP contribution in [0.4, 0.5) is 5.95 Å². The van der Waals surface area contributed by atoms with Crippen LogP contribution in [-0.2, 0) is 0 Å². The van der Waals surface area contributed by atoms with E-state index in [1.165, 1.54) is 0 Å².